The maximum Gasteiger partial charge on any atom is 0.154 e. The van der Waals surface area contributed by atoms with Crippen molar-refractivity contribution in [1.82, 2.24) is 14.7 Å². The van der Waals surface area contributed by atoms with E-state index in [0.29, 0.717) is 12.3 Å². The van der Waals surface area contributed by atoms with Gasteiger partial charge >= 0.3 is 0 Å². The summed E-state index contributed by atoms with van der Waals surface area (Å²) < 4.78 is 8.23. The molecule has 0 aliphatic rings. The third kappa shape index (κ3) is 3.31. The molecular formula is C14H20BrN3O2. The molecule has 1 atom stereocenters. The van der Waals surface area contributed by atoms with Crippen molar-refractivity contribution in [2.45, 2.75) is 26.0 Å². The van der Waals surface area contributed by atoms with Crippen molar-refractivity contribution in [2.24, 2.45) is 0 Å². The number of hydrogen-bond acceptors (Lipinski definition) is 4. The monoisotopic (exact) mass is 341 g/mol. The highest BCUT2D eigenvalue weighted by molar-refractivity contribution is 9.10. The van der Waals surface area contributed by atoms with Crippen molar-refractivity contribution >= 4 is 15.9 Å². The van der Waals surface area contributed by atoms with Crippen LogP contribution in [0.2, 0.25) is 0 Å². The summed E-state index contributed by atoms with van der Waals surface area (Å²) in [5.74, 6) is 1.42. The number of nitrogens with zero attached hydrogens (tertiary/aromatic N) is 3. The fourth-order valence-corrected chi connectivity index (χ4v) is 2.50. The number of aryl methyl sites for hydroxylation is 1. The zero-order valence-corrected chi connectivity index (χ0v) is 13.6. The lowest BCUT2D eigenvalue weighted by Crippen LogP contribution is -2.21. The zero-order chi connectivity index (χ0) is 14.7. The molecule has 110 valence electrons. The summed E-state index contributed by atoms with van der Waals surface area (Å²) in [5.41, 5.74) is 0.726. The Hall–Kier alpha value is -1.11. The first-order valence-corrected chi connectivity index (χ1v) is 7.44. The number of halogens is 1. The Morgan fingerprint density at radius 3 is 2.80 bits per heavy atom. The zero-order valence-electron chi connectivity index (χ0n) is 12.0. The Balaban J connectivity index is 2.24. The maximum atomic E-state index is 10.5. The van der Waals surface area contributed by atoms with Gasteiger partial charge in [0, 0.05) is 13.0 Å². The van der Waals surface area contributed by atoms with E-state index >= 15 is 0 Å². The van der Waals surface area contributed by atoms with E-state index in [2.05, 4.69) is 25.9 Å². The van der Waals surface area contributed by atoms with E-state index in [-0.39, 0.29) is 0 Å². The van der Waals surface area contributed by atoms with E-state index in [1.54, 1.807) is 6.20 Å². The third-order valence-electron chi connectivity index (χ3n) is 3.15. The molecule has 2 aromatic rings. The van der Waals surface area contributed by atoms with Gasteiger partial charge in [-0.2, -0.15) is 5.10 Å². The first-order chi connectivity index (χ1) is 9.52. The van der Waals surface area contributed by atoms with Crippen LogP contribution in [-0.2, 0) is 13.0 Å². The maximum absolute atomic E-state index is 10.5. The number of aliphatic hydroxyl groups excluding tert-OH is 1. The number of hydrogen-bond donors (Lipinski definition) is 1. The van der Waals surface area contributed by atoms with Crippen LogP contribution in [0.25, 0.3) is 0 Å². The number of aromatic nitrogens is 2. The van der Waals surface area contributed by atoms with Gasteiger partial charge in [0.15, 0.2) is 6.10 Å². The average molecular weight is 342 g/mol. The van der Waals surface area contributed by atoms with Crippen LogP contribution in [0.5, 0.6) is 0 Å². The van der Waals surface area contributed by atoms with Gasteiger partial charge in [-0.15, -0.1) is 0 Å². The van der Waals surface area contributed by atoms with Gasteiger partial charge in [-0.1, -0.05) is 6.92 Å². The van der Waals surface area contributed by atoms with Crippen LogP contribution < -0.4 is 0 Å². The van der Waals surface area contributed by atoms with E-state index in [0.717, 1.165) is 28.9 Å². The van der Waals surface area contributed by atoms with Crippen molar-refractivity contribution < 1.29 is 9.52 Å². The topological polar surface area (TPSA) is 54.4 Å². The van der Waals surface area contributed by atoms with Crippen LogP contribution in [-0.4, -0.2) is 40.4 Å². The number of aliphatic hydroxyl groups is 1. The molecule has 0 amide bonds. The minimum absolute atomic E-state index is 0.550. The van der Waals surface area contributed by atoms with Gasteiger partial charge in [0.2, 0.25) is 0 Å². The van der Waals surface area contributed by atoms with E-state index in [1.807, 2.05) is 37.8 Å². The fraction of sp³-hybridized carbons (Fsp3) is 0.500. The van der Waals surface area contributed by atoms with Gasteiger partial charge in [-0.25, -0.2) is 0 Å². The van der Waals surface area contributed by atoms with Crippen molar-refractivity contribution in [3.8, 4) is 0 Å². The lowest BCUT2D eigenvalue weighted by Gasteiger charge is -2.15. The smallest absolute Gasteiger partial charge is 0.154 e. The average Bonchev–Trinajstić information content (AvgIpc) is 3.02. The highest BCUT2D eigenvalue weighted by Crippen LogP contribution is 2.29. The molecule has 1 unspecified atom stereocenters. The quantitative estimate of drug-likeness (QED) is 0.876. The molecule has 0 bridgehead atoms. The molecule has 0 saturated carbocycles. The minimum Gasteiger partial charge on any atom is -0.463 e. The second-order valence-corrected chi connectivity index (χ2v) is 5.82. The van der Waals surface area contributed by atoms with Gasteiger partial charge in [-0.05, 0) is 42.2 Å². The van der Waals surface area contributed by atoms with E-state index < -0.39 is 6.10 Å². The molecule has 0 aliphatic heterocycles. The molecule has 20 heavy (non-hydrogen) atoms. The summed E-state index contributed by atoms with van der Waals surface area (Å²) in [7, 11) is 4.02. The Bertz CT molecular complexity index is 563. The van der Waals surface area contributed by atoms with Crippen molar-refractivity contribution in [3.63, 3.8) is 0 Å². The Morgan fingerprint density at radius 1 is 1.45 bits per heavy atom. The lowest BCUT2D eigenvalue weighted by molar-refractivity contribution is 0.174. The second-order valence-electron chi connectivity index (χ2n) is 4.96. The first-order valence-electron chi connectivity index (χ1n) is 6.65. The summed E-state index contributed by atoms with van der Waals surface area (Å²) in [6, 6.07) is 3.71. The first kappa shape index (κ1) is 15.3. The fourth-order valence-electron chi connectivity index (χ4n) is 1.98. The van der Waals surface area contributed by atoms with Gasteiger partial charge in [0.1, 0.15) is 11.5 Å². The molecule has 1 N–H and O–H groups in total. The third-order valence-corrected chi connectivity index (χ3v) is 3.76. The van der Waals surface area contributed by atoms with Crippen LogP contribution in [0.3, 0.4) is 0 Å². The predicted molar refractivity (Wildman–Crippen MR) is 80.6 cm³/mol. The molecular weight excluding hydrogens is 322 g/mol. The van der Waals surface area contributed by atoms with Crippen molar-refractivity contribution in [3.05, 3.63) is 40.0 Å². The van der Waals surface area contributed by atoms with Gasteiger partial charge in [0.25, 0.3) is 0 Å². The van der Waals surface area contributed by atoms with Crippen molar-refractivity contribution in [2.75, 3.05) is 20.6 Å². The largest absolute Gasteiger partial charge is 0.463 e. The number of likely N-dealkylation sites (N-methyl/N-ethyl adjacent to an activating group) is 1. The van der Waals surface area contributed by atoms with Crippen LogP contribution in [0, 0.1) is 0 Å². The standard InChI is InChI=1S/C14H20BrN3O2/c1-4-10-5-6-12(20-10)14(19)13-11(15)9-16-18(13)8-7-17(2)3/h5-6,9,14,19H,4,7-8H2,1-3H3. The minimum atomic E-state index is -0.811. The van der Waals surface area contributed by atoms with E-state index in [1.165, 1.54) is 0 Å². The Labute approximate surface area is 127 Å². The lowest BCUT2D eigenvalue weighted by atomic mass is 10.2. The van der Waals surface area contributed by atoms with Crippen LogP contribution >= 0.6 is 15.9 Å². The molecule has 0 aromatic carbocycles. The molecule has 0 saturated heterocycles. The van der Waals surface area contributed by atoms with Crippen molar-refractivity contribution in [1.29, 1.82) is 0 Å². The van der Waals surface area contributed by atoms with Gasteiger partial charge < -0.3 is 14.4 Å². The number of furan rings is 1. The second kappa shape index (κ2) is 6.56. The van der Waals surface area contributed by atoms with E-state index in [9.17, 15) is 5.11 Å². The molecule has 2 rings (SSSR count). The normalized spacial score (nSPS) is 13.1. The highest BCUT2D eigenvalue weighted by atomic mass is 79.9. The van der Waals surface area contributed by atoms with E-state index in [4.69, 9.17) is 4.42 Å². The van der Waals surface area contributed by atoms with Gasteiger partial charge in [-0.3, -0.25) is 4.68 Å². The number of rotatable bonds is 6. The Kier molecular flexibility index (Phi) is 5.01. The molecule has 0 aliphatic carbocycles. The summed E-state index contributed by atoms with van der Waals surface area (Å²) in [6.07, 6.45) is 1.71. The molecule has 0 radical (unpaired) electrons. The SMILES string of the molecule is CCc1ccc(C(O)c2c(Br)cnn2CCN(C)C)o1. The van der Waals surface area contributed by atoms with Crippen LogP contribution in [0.4, 0.5) is 0 Å². The molecule has 6 heteroatoms. The molecule has 5 nitrogen and oxygen atoms in total. The predicted octanol–water partition coefficient (Wildman–Crippen LogP) is 2.44. The summed E-state index contributed by atoms with van der Waals surface area (Å²) in [5, 5.41) is 14.8. The summed E-state index contributed by atoms with van der Waals surface area (Å²) in [4.78, 5) is 2.08. The molecule has 0 spiro atoms. The molecule has 2 aromatic heterocycles. The molecule has 0 fully saturated rings. The van der Waals surface area contributed by atoms with Crippen LogP contribution in [0.1, 0.15) is 30.2 Å². The van der Waals surface area contributed by atoms with Crippen LogP contribution in [0.15, 0.2) is 27.2 Å². The summed E-state index contributed by atoms with van der Waals surface area (Å²) in [6.45, 7) is 3.59. The summed E-state index contributed by atoms with van der Waals surface area (Å²) >= 11 is 3.45. The van der Waals surface area contributed by atoms with Gasteiger partial charge in [0.05, 0.1) is 22.9 Å². The highest BCUT2D eigenvalue weighted by Gasteiger charge is 2.22. The molecule has 2 heterocycles. The Morgan fingerprint density at radius 2 is 2.20 bits per heavy atom.